The highest BCUT2D eigenvalue weighted by Crippen LogP contribution is 2.40. The normalized spacial score (nSPS) is 18.5. The van der Waals surface area contributed by atoms with Gasteiger partial charge in [0, 0.05) is 17.5 Å². The van der Waals surface area contributed by atoms with Gasteiger partial charge in [0.25, 0.3) is 0 Å². The summed E-state index contributed by atoms with van der Waals surface area (Å²) in [5.41, 5.74) is 7.16. The van der Waals surface area contributed by atoms with Crippen molar-refractivity contribution in [2.75, 3.05) is 27.4 Å². The van der Waals surface area contributed by atoms with E-state index in [4.69, 9.17) is 19.9 Å². The zero-order chi connectivity index (χ0) is 13.9. The van der Waals surface area contributed by atoms with Crippen LogP contribution in [0.2, 0.25) is 0 Å². The minimum atomic E-state index is 0.0649. The molecule has 0 aromatic heterocycles. The summed E-state index contributed by atoms with van der Waals surface area (Å²) < 4.78 is 16.1. The van der Waals surface area contributed by atoms with Gasteiger partial charge in [-0.15, -0.1) is 0 Å². The van der Waals surface area contributed by atoms with Crippen molar-refractivity contribution in [3.63, 3.8) is 0 Å². The van der Waals surface area contributed by atoms with Gasteiger partial charge in [-0.25, -0.2) is 0 Å². The fourth-order valence-corrected chi connectivity index (χ4v) is 2.42. The second kappa shape index (κ2) is 5.80. The van der Waals surface area contributed by atoms with Crippen LogP contribution in [0.25, 0.3) is 0 Å². The molecule has 4 heteroatoms. The summed E-state index contributed by atoms with van der Waals surface area (Å²) in [6, 6.07) is 6.26. The van der Waals surface area contributed by atoms with Crippen molar-refractivity contribution in [3.05, 3.63) is 23.8 Å². The molecule has 1 aromatic carbocycles. The van der Waals surface area contributed by atoms with Gasteiger partial charge in [0.1, 0.15) is 11.5 Å². The van der Waals surface area contributed by atoms with Crippen LogP contribution in [0.3, 0.4) is 0 Å². The van der Waals surface area contributed by atoms with Gasteiger partial charge >= 0.3 is 0 Å². The van der Waals surface area contributed by atoms with Gasteiger partial charge in [0.05, 0.1) is 27.4 Å². The second-order valence-corrected chi connectivity index (χ2v) is 5.39. The number of benzene rings is 1. The van der Waals surface area contributed by atoms with Crippen molar-refractivity contribution in [3.8, 4) is 11.5 Å². The highest BCUT2D eigenvalue weighted by molar-refractivity contribution is 5.43. The lowest BCUT2D eigenvalue weighted by Crippen LogP contribution is -2.47. The molecule has 0 saturated carbocycles. The Balaban J connectivity index is 2.26. The Hall–Kier alpha value is -1.26. The molecular formula is C15H23NO3. The second-order valence-electron chi connectivity index (χ2n) is 5.39. The molecule has 1 atom stereocenters. The van der Waals surface area contributed by atoms with Gasteiger partial charge < -0.3 is 19.9 Å². The number of methoxy groups -OCH3 is 2. The molecule has 1 saturated heterocycles. The van der Waals surface area contributed by atoms with Crippen LogP contribution in [0.4, 0.5) is 0 Å². The topological polar surface area (TPSA) is 53.7 Å². The highest BCUT2D eigenvalue weighted by Gasteiger charge is 2.40. The SMILES string of the molecule is COc1cc(OC)cc(C2(CCC(C)N)COC2)c1. The molecule has 0 amide bonds. The lowest BCUT2D eigenvalue weighted by molar-refractivity contribution is -0.0658. The third-order valence-electron chi connectivity index (χ3n) is 3.80. The van der Waals surface area contributed by atoms with Crippen molar-refractivity contribution in [1.29, 1.82) is 0 Å². The maximum atomic E-state index is 5.88. The summed E-state index contributed by atoms with van der Waals surface area (Å²) in [7, 11) is 3.34. The van der Waals surface area contributed by atoms with E-state index in [1.165, 1.54) is 5.56 Å². The Morgan fingerprint density at radius 1 is 1.21 bits per heavy atom. The number of hydrogen-bond acceptors (Lipinski definition) is 4. The molecule has 1 fully saturated rings. The molecule has 0 radical (unpaired) electrons. The first-order chi connectivity index (χ1) is 9.09. The molecule has 0 spiro atoms. The van der Waals surface area contributed by atoms with Crippen molar-refractivity contribution >= 4 is 0 Å². The minimum absolute atomic E-state index is 0.0649. The summed E-state index contributed by atoms with van der Waals surface area (Å²) in [5.74, 6) is 1.64. The number of nitrogens with two attached hydrogens (primary N) is 1. The van der Waals surface area contributed by atoms with Gasteiger partial charge in [0.2, 0.25) is 0 Å². The molecule has 1 aliphatic rings. The molecule has 106 valence electrons. The van der Waals surface area contributed by atoms with Crippen LogP contribution < -0.4 is 15.2 Å². The van der Waals surface area contributed by atoms with E-state index in [0.29, 0.717) is 0 Å². The van der Waals surface area contributed by atoms with E-state index in [9.17, 15) is 0 Å². The smallest absolute Gasteiger partial charge is 0.122 e. The van der Waals surface area contributed by atoms with E-state index in [1.54, 1.807) is 14.2 Å². The molecule has 2 rings (SSSR count). The van der Waals surface area contributed by atoms with E-state index in [1.807, 2.05) is 13.0 Å². The van der Waals surface area contributed by atoms with Gasteiger partial charge in [-0.05, 0) is 37.5 Å². The maximum absolute atomic E-state index is 5.88. The zero-order valence-electron chi connectivity index (χ0n) is 11.9. The van der Waals surface area contributed by atoms with Crippen LogP contribution >= 0.6 is 0 Å². The van der Waals surface area contributed by atoms with Crippen molar-refractivity contribution in [2.45, 2.75) is 31.2 Å². The van der Waals surface area contributed by atoms with Crippen LogP contribution in [-0.4, -0.2) is 33.5 Å². The summed E-state index contributed by atoms with van der Waals surface area (Å²) in [4.78, 5) is 0. The summed E-state index contributed by atoms with van der Waals surface area (Å²) in [5, 5.41) is 0. The number of rotatable bonds is 6. The van der Waals surface area contributed by atoms with E-state index < -0.39 is 0 Å². The third-order valence-corrected chi connectivity index (χ3v) is 3.80. The van der Waals surface area contributed by atoms with Crippen LogP contribution in [0.15, 0.2) is 18.2 Å². The highest BCUT2D eigenvalue weighted by atomic mass is 16.5. The first-order valence-electron chi connectivity index (χ1n) is 6.66. The quantitative estimate of drug-likeness (QED) is 0.856. The van der Waals surface area contributed by atoms with Crippen LogP contribution in [0.1, 0.15) is 25.3 Å². The molecular weight excluding hydrogens is 242 g/mol. The lowest BCUT2D eigenvalue weighted by Gasteiger charge is -2.42. The molecule has 2 N–H and O–H groups in total. The number of ether oxygens (including phenoxy) is 3. The van der Waals surface area contributed by atoms with Crippen molar-refractivity contribution < 1.29 is 14.2 Å². The lowest BCUT2D eigenvalue weighted by atomic mass is 9.74. The fourth-order valence-electron chi connectivity index (χ4n) is 2.42. The van der Waals surface area contributed by atoms with Gasteiger partial charge in [0.15, 0.2) is 0 Å². The minimum Gasteiger partial charge on any atom is -0.497 e. The summed E-state index contributed by atoms with van der Waals surface area (Å²) >= 11 is 0. The van der Waals surface area contributed by atoms with Gasteiger partial charge in [-0.2, -0.15) is 0 Å². The Morgan fingerprint density at radius 2 is 1.79 bits per heavy atom. The predicted octanol–water partition coefficient (Wildman–Crippen LogP) is 2.10. The van der Waals surface area contributed by atoms with Gasteiger partial charge in [-0.1, -0.05) is 0 Å². The molecule has 1 unspecified atom stereocenters. The summed E-state index contributed by atoms with van der Waals surface area (Å²) in [6.45, 7) is 3.53. The Morgan fingerprint density at radius 3 is 2.16 bits per heavy atom. The monoisotopic (exact) mass is 265 g/mol. The predicted molar refractivity (Wildman–Crippen MR) is 74.9 cm³/mol. The molecule has 4 nitrogen and oxygen atoms in total. The molecule has 19 heavy (non-hydrogen) atoms. The van der Waals surface area contributed by atoms with Gasteiger partial charge in [-0.3, -0.25) is 0 Å². The Labute approximate surface area is 114 Å². The molecule has 0 aliphatic carbocycles. The Bertz CT molecular complexity index is 405. The molecule has 1 heterocycles. The van der Waals surface area contributed by atoms with E-state index in [0.717, 1.165) is 37.6 Å². The molecule has 0 bridgehead atoms. The maximum Gasteiger partial charge on any atom is 0.122 e. The molecule has 1 aliphatic heterocycles. The fraction of sp³-hybridized carbons (Fsp3) is 0.600. The van der Waals surface area contributed by atoms with Crippen molar-refractivity contribution in [2.24, 2.45) is 5.73 Å². The first kappa shape index (κ1) is 14.2. The zero-order valence-corrected chi connectivity index (χ0v) is 11.9. The van der Waals surface area contributed by atoms with E-state index in [2.05, 4.69) is 12.1 Å². The summed E-state index contributed by atoms with van der Waals surface area (Å²) in [6.07, 6.45) is 2.02. The first-order valence-corrected chi connectivity index (χ1v) is 6.66. The average molecular weight is 265 g/mol. The third kappa shape index (κ3) is 3.01. The standard InChI is InChI=1S/C15H23NO3/c1-11(16)4-5-15(9-19-10-15)12-6-13(17-2)8-14(7-12)18-3/h6-8,11H,4-5,9-10,16H2,1-3H3. The van der Waals surface area contributed by atoms with Crippen LogP contribution in [0.5, 0.6) is 11.5 Å². The van der Waals surface area contributed by atoms with E-state index >= 15 is 0 Å². The molecule has 1 aromatic rings. The van der Waals surface area contributed by atoms with Crippen LogP contribution in [0, 0.1) is 0 Å². The average Bonchev–Trinajstić information content (AvgIpc) is 2.36. The van der Waals surface area contributed by atoms with E-state index in [-0.39, 0.29) is 11.5 Å². The largest absolute Gasteiger partial charge is 0.497 e. The Kier molecular flexibility index (Phi) is 4.32. The number of hydrogen-bond donors (Lipinski definition) is 1. The van der Waals surface area contributed by atoms with Crippen LogP contribution in [-0.2, 0) is 10.2 Å². The van der Waals surface area contributed by atoms with Crippen molar-refractivity contribution in [1.82, 2.24) is 0 Å².